The molecule has 38 heavy (non-hydrogen) atoms. The molecule has 11 heteroatoms. The summed E-state index contributed by atoms with van der Waals surface area (Å²) in [5.41, 5.74) is 10.6. The number of hydrogen-bond acceptors (Lipinski definition) is 10. The maximum atomic E-state index is 12.4. The van der Waals surface area contributed by atoms with Crippen LogP contribution in [0.15, 0.2) is 89.6 Å². The summed E-state index contributed by atoms with van der Waals surface area (Å²) >= 11 is 0. The number of amides is 1. The summed E-state index contributed by atoms with van der Waals surface area (Å²) in [4.78, 5) is 31.1. The van der Waals surface area contributed by atoms with E-state index in [1.807, 2.05) is 44.2 Å². The molecule has 0 bridgehead atoms. The normalized spacial score (nSPS) is 11.6. The Kier molecular flexibility index (Phi) is 8.29. The average Bonchev–Trinajstić information content (AvgIpc) is 2.95. The van der Waals surface area contributed by atoms with Crippen LogP contribution >= 0.6 is 0 Å². The largest absolute Gasteiger partial charge is 0.345 e. The number of carbonyl (C=O) groups excluding carboxylic acids is 1. The van der Waals surface area contributed by atoms with Gasteiger partial charge in [0.2, 0.25) is 5.95 Å². The molecule has 0 unspecified atom stereocenters. The number of anilines is 4. The van der Waals surface area contributed by atoms with E-state index in [1.165, 1.54) is 4.90 Å². The van der Waals surface area contributed by atoms with E-state index in [-0.39, 0.29) is 5.91 Å². The van der Waals surface area contributed by atoms with E-state index in [0.29, 0.717) is 28.8 Å². The molecular formula is C27H28N10O. The molecule has 0 aliphatic carbocycles. The maximum absolute atomic E-state index is 12.4. The van der Waals surface area contributed by atoms with Gasteiger partial charge in [0.1, 0.15) is 0 Å². The lowest BCUT2D eigenvalue weighted by atomic mass is 10.2. The van der Waals surface area contributed by atoms with Gasteiger partial charge in [0.05, 0.1) is 11.4 Å². The molecular weight excluding hydrogens is 480 g/mol. The number of nitrogens with one attached hydrogen (secondary N) is 3. The molecule has 1 aromatic carbocycles. The summed E-state index contributed by atoms with van der Waals surface area (Å²) in [7, 11) is 3.42. The van der Waals surface area contributed by atoms with Crippen molar-refractivity contribution < 1.29 is 4.79 Å². The van der Waals surface area contributed by atoms with Gasteiger partial charge in [-0.1, -0.05) is 6.07 Å². The highest BCUT2D eigenvalue weighted by Crippen LogP contribution is 2.20. The van der Waals surface area contributed by atoms with Crippen LogP contribution in [0.5, 0.6) is 0 Å². The second kappa shape index (κ2) is 12.2. The molecule has 0 fully saturated rings. The lowest BCUT2D eigenvalue weighted by Gasteiger charge is -2.13. The summed E-state index contributed by atoms with van der Waals surface area (Å²) in [6.45, 7) is 3.77. The van der Waals surface area contributed by atoms with Crippen LogP contribution in [0.3, 0.4) is 0 Å². The molecule has 192 valence electrons. The van der Waals surface area contributed by atoms with Gasteiger partial charge in [-0.25, -0.2) is 0 Å². The Hall–Kier alpha value is -5.19. The van der Waals surface area contributed by atoms with E-state index in [9.17, 15) is 4.79 Å². The lowest BCUT2D eigenvalue weighted by Crippen LogP contribution is -2.21. The second-order valence-corrected chi connectivity index (χ2v) is 8.46. The summed E-state index contributed by atoms with van der Waals surface area (Å²) < 4.78 is 0. The molecule has 0 aliphatic heterocycles. The minimum atomic E-state index is -0.103. The predicted octanol–water partition coefficient (Wildman–Crippen LogP) is 4.38. The Balaban J connectivity index is 1.62. The van der Waals surface area contributed by atoms with Crippen molar-refractivity contribution in [3.05, 3.63) is 96.1 Å². The Bertz CT molecular complexity index is 1380. The van der Waals surface area contributed by atoms with Crippen LogP contribution in [0.2, 0.25) is 0 Å². The molecule has 3 N–H and O–H groups in total. The van der Waals surface area contributed by atoms with Crippen LogP contribution in [0.1, 0.15) is 35.3 Å². The Labute approximate surface area is 220 Å². The Morgan fingerprint density at radius 2 is 1.26 bits per heavy atom. The summed E-state index contributed by atoms with van der Waals surface area (Å²) in [5, 5.41) is 12.1. The van der Waals surface area contributed by atoms with Crippen molar-refractivity contribution in [2.24, 2.45) is 10.2 Å². The van der Waals surface area contributed by atoms with Crippen LogP contribution in [0.4, 0.5) is 23.3 Å². The van der Waals surface area contributed by atoms with Gasteiger partial charge in [0.25, 0.3) is 5.91 Å². The topological polar surface area (TPSA) is 133 Å². The van der Waals surface area contributed by atoms with Crippen molar-refractivity contribution >= 4 is 40.6 Å². The summed E-state index contributed by atoms with van der Waals surface area (Å²) in [6.07, 6.45) is 6.84. The van der Waals surface area contributed by atoms with E-state index in [2.05, 4.69) is 46.3 Å². The highest BCUT2D eigenvalue weighted by atomic mass is 16.2. The van der Waals surface area contributed by atoms with Gasteiger partial charge in [-0.2, -0.15) is 20.2 Å². The molecule has 4 rings (SSSR count). The third-order valence-electron chi connectivity index (χ3n) is 5.37. The summed E-state index contributed by atoms with van der Waals surface area (Å²) in [6, 6.07) is 16.3. The molecule has 0 spiro atoms. The van der Waals surface area contributed by atoms with Crippen molar-refractivity contribution in [2.75, 3.05) is 30.3 Å². The third-order valence-corrected chi connectivity index (χ3v) is 5.37. The first kappa shape index (κ1) is 25.9. The standard InChI is InChI=1S/C27H28N10O/c1-18(20-8-12-28-13-9-20)33-35-24-17-25(36-34-19(2)21-10-14-29-15-11-21)32-27(31-24)30-23-7-5-6-22(16-23)26(38)37(3)4/h5-17H,1-4H3,(H3,30,31,32,35,36). The SMILES string of the molecule is CC(=NNc1cc(NN=C(C)c2ccncc2)nc(Nc2cccc(C(=O)N(C)C)c2)n1)c1ccncc1. The zero-order valence-corrected chi connectivity index (χ0v) is 21.5. The Morgan fingerprint density at radius 1 is 0.737 bits per heavy atom. The molecule has 1 amide bonds. The van der Waals surface area contributed by atoms with Crippen LogP contribution in [-0.4, -0.2) is 56.3 Å². The zero-order chi connectivity index (χ0) is 26.9. The highest BCUT2D eigenvalue weighted by molar-refractivity contribution is 5.99. The predicted molar refractivity (Wildman–Crippen MR) is 150 cm³/mol. The van der Waals surface area contributed by atoms with Gasteiger partial charge in [0.15, 0.2) is 11.6 Å². The van der Waals surface area contributed by atoms with Gasteiger partial charge >= 0.3 is 0 Å². The molecule has 4 aromatic rings. The number of rotatable bonds is 9. The fraction of sp³-hybridized carbons (Fsp3) is 0.148. The molecule has 0 radical (unpaired) electrons. The molecule has 0 saturated heterocycles. The monoisotopic (exact) mass is 508 g/mol. The first-order chi connectivity index (χ1) is 18.4. The first-order valence-corrected chi connectivity index (χ1v) is 11.8. The molecule has 11 nitrogen and oxygen atoms in total. The van der Waals surface area contributed by atoms with E-state index < -0.39 is 0 Å². The van der Waals surface area contributed by atoms with E-state index in [1.54, 1.807) is 63.1 Å². The van der Waals surface area contributed by atoms with Gasteiger partial charge in [0, 0.05) is 67.3 Å². The maximum Gasteiger partial charge on any atom is 0.253 e. The second-order valence-electron chi connectivity index (χ2n) is 8.46. The van der Waals surface area contributed by atoms with Crippen molar-refractivity contribution in [3.8, 4) is 0 Å². The molecule has 0 atom stereocenters. The van der Waals surface area contributed by atoms with Crippen LogP contribution in [0.25, 0.3) is 0 Å². The highest BCUT2D eigenvalue weighted by Gasteiger charge is 2.10. The van der Waals surface area contributed by atoms with Gasteiger partial charge in [-0.3, -0.25) is 25.6 Å². The van der Waals surface area contributed by atoms with Crippen molar-refractivity contribution in [3.63, 3.8) is 0 Å². The molecule has 0 aliphatic rings. The smallest absolute Gasteiger partial charge is 0.253 e. The quantitative estimate of drug-likeness (QED) is 0.224. The van der Waals surface area contributed by atoms with Crippen molar-refractivity contribution in [2.45, 2.75) is 13.8 Å². The summed E-state index contributed by atoms with van der Waals surface area (Å²) in [5.74, 6) is 1.07. The fourth-order valence-electron chi connectivity index (χ4n) is 3.33. The van der Waals surface area contributed by atoms with Crippen molar-refractivity contribution in [1.82, 2.24) is 24.8 Å². The minimum Gasteiger partial charge on any atom is -0.345 e. The number of benzene rings is 1. The zero-order valence-electron chi connectivity index (χ0n) is 21.5. The first-order valence-electron chi connectivity index (χ1n) is 11.8. The number of carbonyl (C=O) groups is 1. The number of pyridine rings is 2. The van der Waals surface area contributed by atoms with Crippen LogP contribution in [0, 0.1) is 0 Å². The van der Waals surface area contributed by atoms with Gasteiger partial charge in [-0.05, 0) is 56.3 Å². The fourth-order valence-corrected chi connectivity index (χ4v) is 3.33. The minimum absolute atomic E-state index is 0.103. The van der Waals surface area contributed by atoms with Gasteiger partial charge in [-0.15, -0.1) is 0 Å². The van der Waals surface area contributed by atoms with Crippen molar-refractivity contribution in [1.29, 1.82) is 0 Å². The molecule has 3 aromatic heterocycles. The van der Waals surface area contributed by atoms with E-state index >= 15 is 0 Å². The third kappa shape index (κ3) is 6.94. The average molecular weight is 509 g/mol. The Morgan fingerprint density at radius 3 is 1.76 bits per heavy atom. The van der Waals surface area contributed by atoms with E-state index in [4.69, 9.17) is 0 Å². The number of hydrazone groups is 2. The lowest BCUT2D eigenvalue weighted by molar-refractivity contribution is 0.0827. The number of aromatic nitrogens is 4. The van der Waals surface area contributed by atoms with E-state index in [0.717, 1.165) is 22.6 Å². The van der Waals surface area contributed by atoms with Gasteiger partial charge < -0.3 is 10.2 Å². The molecule has 0 saturated carbocycles. The molecule has 3 heterocycles. The van der Waals surface area contributed by atoms with Crippen LogP contribution in [-0.2, 0) is 0 Å². The number of nitrogens with zero attached hydrogens (tertiary/aromatic N) is 7. The van der Waals surface area contributed by atoms with Crippen LogP contribution < -0.4 is 16.2 Å². The number of hydrogen-bond donors (Lipinski definition) is 3.